The van der Waals surface area contributed by atoms with Gasteiger partial charge < -0.3 is 4.90 Å². The standard InChI is InChI=1S/C12H13NO/c1-3-9-6-5-7-10-11(9)8-13(4-2)12(10)14/h3,5-7H,1,4,8H2,2H3. The molecule has 0 aromatic heterocycles. The number of fused-ring (bicyclic) bond motifs is 1. The normalized spacial score (nSPS) is 14.4. The van der Waals surface area contributed by atoms with Gasteiger partial charge in [0.1, 0.15) is 0 Å². The average molecular weight is 187 g/mol. The molecule has 72 valence electrons. The van der Waals surface area contributed by atoms with Crippen LogP contribution in [0.15, 0.2) is 24.8 Å². The lowest BCUT2D eigenvalue weighted by atomic mass is 10.0. The number of rotatable bonds is 2. The van der Waals surface area contributed by atoms with Gasteiger partial charge in [0, 0.05) is 18.7 Å². The van der Waals surface area contributed by atoms with Gasteiger partial charge in [-0.1, -0.05) is 24.8 Å². The van der Waals surface area contributed by atoms with E-state index in [1.807, 2.05) is 36.1 Å². The average Bonchev–Trinajstić information content (AvgIpc) is 2.55. The molecule has 2 nitrogen and oxygen atoms in total. The highest BCUT2D eigenvalue weighted by Crippen LogP contribution is 2.26. The van der Waals surface area contributed by atoms with Crippen LogP contribution in [0.2, 0.25) is 0 Å². The van der Waals surface area contributed by atoms with Crippen molar-refractivity contribution in [3.63, 3.8) is 0 Å². The van der Waals surface area contributed by atoms with Gasteiger partial charge in [-0.2, -0.15) is 0 Å². The highest BCUT2D eigenvalue weighted by molar-refractivity contribution is 5.99. The fourth-order valence-corrected chi connectivity index (χ4v) is 1.86. The Morgan fingerprint density at radius 3 is 3.00 bits per heavy atom. The minimum Gasteiger partial charge on any atom is -0.335 e. The monoisotopic (exact) mass is 187 g/mol. The molecule has 1 aliphatic rings. The zero-order chi connectivity index (χ0) is 10.1. The summed E-state index contributed by atoms with van der Waals surface area (Å²) in [4.78, 5) is 13.6. The molecule has 0 saturated heterocycles. The molecule has 2 rings (SSSR count). The number of hydrogen-bond acceptors (Lipinski definition) is 1. The first kappa shape index (κ1) is 9.00. The van der Waals surface area contributed by atoms with Gasteiger partial charge in [0.05, 0.1) is 0 Å². The fourth-order valence-electron chi connectivity index (χ4n) is 1.86. The van der Waals surface area contributed by atoms with Crippen molar-refractivity contribution in [2.45, 2.75) is 13.5 Å². The van der Waals surface area contributed by atoms with Crippen molar-refractivity contribution < 1.29 is 4.79 Å². The zero-order valence-electron chi connectivity index (χ0n) is 8.29. The molecule has 0 bridgehead atoms. The summed E-state index contributed by atoms with van der Waals surface area (Å²) in [5.74, 6) is 0.145. The van der Waals surface area contributed by atoms with Crippen LogP contribution in [0.3, 0.4) is 0 Å². The third kappa shape index (κ3) is 1.15. The molecular weight excluding hydrogens is 174 g/mol. The van der Waals surface area contributed by atoms with Crippen LogP contribution in [0, 0.1) is 0 Å². The molecule has 0 unspecified atom stereocenters. The van der Waals surface area contributed by atoms with Crippen molar-refractivity contribution in [2.24, 2.45) is 0 Å². The van der Waals surface area contributed by atoms with Crippen molar-refractivity contribution in [1.82, 2.24) is 4.90 Å². The van der Waals surface area contributed by atoms with Gasteiger partial charge in [-0.3, -0.25) is 4.79 Å². The van der Waals surface area contributed by atoms with E-state index in [-0.39, 0.29) is 5.91 Å². The molecule has 1 aromatic rings. The molecule has 2 heteroatoms. The Morgan fingerprint density at radius 2 is 2.36 bits per heavy atom. The Bertz CT molecular complexity index is 395. The third-order valence-electron chi connectivity index (χ3n) is 2.68. The lowest BCUT2D eigenvalue weighted by Crippen LogP contribution is -2.22. The summed E-state index contributed by atoms with van der Waals surface area (Å²) < 4.78 is 0. The van der Waals surface area contributed by atoms with Crippen LogP contribution in [-0.2, 0) is 6.54 Å². The molecule has 0 radical (unpaired) electrons. The molecule has 1 heterocycles. The molecule has 0 atom stereocenters. The Hall–Kier alpha value is -1.57. The van der Waals surface area contributed by atoms with E-state index in [0.29, 0.717) is 0 Å². The second-order valence-corrected chi connectivity index (χ2v) is 3.40. The summed E-state index contributed by atoms with van der Waals surface area (Å²) in [6, 6.07) is 5.80. The van der Waals surface area contributed by atoms with E-state index in [1.165, 1.54) is 0 Å². The minimum absolute atomic E-state index is 0.145. The van der Waals surface area contributed by atoms with Crippen LogP contribution in [0.5, 0.6) is 0 Å². The second kappa shape index (κ2) is 3.29. The first-order valence-electron chi connectivity index (χ1n) is 4.81. The number of carbonyl (C=O) groups excluding carboxylic acids is 1. The van der Waals surface area contributed by atoms with Crippen molar-refractivity contribution in [2.75, 3.05) is 6.54 Å². The summed E-state index contributed by atoms with van der Waals surface area (Å²) in [6.07, 6.45) is 1.81. The molecule has 1 amide bonds. The number of benzene rings is 1. The maximum atomic E-state index is 11.8. The largest absolute Gasteiger partial charge is 0.335 e. The van der Waals surface area contributed by atoms with Gasteiger partial charge >= 0.3 is 0 Å². The van der Waals surface area contributed by atoms with Gasteiger partial charge in [-0.25, -0.2) is 0 Å². The van der Waals surface area contributed by atoms with Crippen molar-refractivity contribution in [3.05, 3.63) is 41.5 Å². The van der Waals surface area contributed by atoms with Crippen LogP contribution in [0.4, 0.5) is 0 Å². The van der Waals surface area contributed by atoms with Crippen molar-refractivity contribution in [3.8, 4) is 0 Å². The lowest BCUT2D eigenvalue weighted by Gasteiger charge is -2.11. The van der Waals surface area contributed by atoms with E-state index >= 15 is 0 Å². The first-order valence-corrected chi connectivity index (χ1v) is 4.81. The third-order valence-corrected chi connectivity index (χ3v) is 2.68. The molecule has 1 aliphatic heterocycles. The van der Waals surface area contributed by atoms with Crippen LogP contribution in [0.1, 0.15) is 28.4 Å². The molecule has 14 heavy (non-hydrogen) atoms. The first-order chi connectivity index (χ1) is 6.77. The molecule has 0 N–H and O–H groups in total. The second-order valence-electron chi connectivity index (χ2n) is 3.40. The predicted octanol–water partition coefficient (Wildman–Crippen LogP) is 2.31. The van der Waals surface area contributed by atoms with Gasteiger partial charge in [0.15, 0.2) is 0 Å². The number of carbonyl (C=O) groups is 1. The summed E-state index contributed by atoms with van der Waals surface area (Å²) in [5, 5.41) is 0. The molecule has 0 spiro atoms. The van der Waals surface area contributed by atoms with Crippen molar-refractivity contribution >= 4 is 12.0 Å². The van der Waals surface area contributed by atoms with E-state index in [0.717, 1.165) is 29.8 Å². The van der Waals surface area contributed by atoms with E-state index in [9.17, 15) is 4.79 Å². The fraction of sp³-hybridized carbons (Fsp3) is 0.250. The lowest BCUT2D eigenvalue weighted by molar-refractivity contribution is 0.0787. The van der Waals surface area contributed by atoms with Gasteiger partial charge in [0.2, 0.25) is 0 Å². The van der Waals surface area contributed by atoms with E-state index in [2.05, 4.69) is 6.58 Å². The Kier molecular flexibility index (Phi) is 2.12. The Morgan fingerprint density at radius 1 is 1.57 bits per heavy atom. The summed E-state index contributed by atoms with van der Waals surface area (Å²) in [6.45, 7) is 7.25. The predicted molar refractivity (Wildman–Crippen MR) is 56.9 cm³/mol. The molecule has 0 aliphatic carbocycles. The summed E-state index contributed by atoms with van der Waals surface area (Å²) in [7, 11) is 0. The maximum Gasteiger partial charge on any atom is 0.254 e. The smallest absolute Gasteiger partial charge is 0.254 e. The van der Waals surface area contributed by atoms with E-state index in [4.69, 9.17) is 0 Å². The highest BCUT2D eigenvalue weighted by Gasteiger charge is 2.26. The van der Waals surface area contributed by atoms with Crippen LogP contribution in [-0.4, -0.2) is 17.4 Å². The number of nitrogens with zero attached hydrogens (tertiary/aromatic N) is 1. The maximum absolute atomic E-state index is 11.8. The van der Waals surface area contributed by atoms with E-state index in [1.54, 1.807) is 0 Å². The minimum atomic E-state index is 0.145. The highest BCUT2D eigenvalue weighted by atomic mass is 16.2. The summed E-state index contributed by atoms with van der Waals surface area (Å²) >= 11 is 0. The summed E-state index contributed by atoms with van der Waals surface area (Å²) in [5.41, 5.74) is 3.03. The van der Waals surface area contributed by atoms with Gasteiger partial charge in [-0.05, 0) is 24.1 Å². The Balaban J connectivity index is 2.52. The van der Waals surface area contributed by atoms with Crippen LogP contribution < -0.4 is 0 Å². The molecule has 0 saturated carbocycles. The van der Waals surface area contributed by atoms with Gasteiger partial charge in [-0.15, -0.1) is 0 Å². The van der Waals surface area contributed by atoms with E-state index < -0.39 is 0 Å². The zero-order valence-corrected chi connectivity index (χ0v) is 8.29. The number of hydrogen-bond donors (Lipinski definition) is 0. The Labute approximate surface area is 83.8 Å². The molecule has 0 fully saturated rings. The topological polar surface area (TPSA) is 20.3 Å². The van der Waals surface area contributed by atoms with Crippen LogP contribution in [0.25, 0.3) is 6.08 Å². The quantitative estimate of drug-likeness (QED) is 0.695. The molecular formula is C12H13NO. The molecule has 1 aromatic carbocycles. The number of amides is 1. The SMILES string of the molecule is C=Cc1cccc2c1CN(CC)C2=O. The van der Waals surface area contributed by atoms with Crippen molar-refractivity contribution in [1.29, 1.82) is 0 Å². The van der Waals surface area contributed by atoms with Crippen LogP contribution >= 0.6 is 0 Å². The van der Waals surface area contributed by atoms with Gasteiger partial charge in [0.25, 0.3) is 5.91 Å².